The highest BCUT2D eigenvalue weighted by Gasteiger charge is 2.31. The third kappa shape index (κ3) is 3.53. The lowest BCUT2D eigenvalue weighted by Gasteiger charge is -2.29. The van der Waals surface area contributed by atoms with Crippen LogP contribution in [0.15, 0.2) is 17.4 Å². The van der Waals surface area contributed by atoms with Crippen LogP contribution in [0.1, 0.15) is 24.3 Å². The SMILES string of the molecule is C=CCNC(=S)NNc1nc2sc3c(c2c(=O)n1C)CC(C)(C)OC3. The minimum Gasteiger partial charge on any atom is -0.370 e. The maximum absolute atomic E-state index is 12.9. The molecule has 1 aliphatic rings. The van der Waals surface area contributed by atoms with Crippen LogP contribution in [0.5, 0.6) is 0 Å². The summed E-state index contributed by atoms with van der Waals surface area (Å²) >= 11 is 6.63. The quantitative estimate of drug-likeness (QED) is 0.425. The van der Waals surface area contributed by atoms with Gasteiger partial charge in [-0.25, -0.2) is 4.98 Å². The van der Waals surface area contributed by atoms with Gasteiger partial charge in [-0.3, -0.25) is 20.2 Å². The standard InChI is InChI=1S/C16H21N5O2S2/c1-5-6-17-15(24)20-19-14-18-12-11(13(22)21(14)4)9-7-16(2,3)23-8-10(9)25-12/h5H,1,6-8H2,2-4H3,(H,18,19)(H2,17,20,24). The molecule has 0 spiro atoms. The third-order valence-electron chi connectivity index (χ3n) is 4.01. The predicted octanol–water partition coefficient (Wildman–Crippen LogP) is 1.82. The Morgan fingerprint density at radius 2 is 2.32 bits per heavy atom. The summed E-state index contributed by atoms with van der Waals surface area (Å²) in [5, 5.41) is 4.02. The Morgan fingerprint density at radius 1 is 1.56 bits per heavy atom. The van der Waals surface area contributed by atoms with Crippen LogP contribution in [0.25, 0.3) is 10.2 Å². The smallest absolute Gasteiger partial charge is 0.263 e. The molecule has 0 saturated carbocycles. The van der Waals surface area contributed by atoms with E-state index in [4.69, 9.17) is 17.0 Å². The Morgan fingerprint density at radius 3 is 3.04 bits per heavy atom. The highest BCUT2D eigenvalue weighted by atomic mass is 32.1. The van der Waals surface area contributed by atoms with Crippen molar-refractivity contribution in [2.24, 2.45) is 7.05 Å². The summed E-state index contributed by atoms with van der Waals surface area (Å²) in [6, 6.07) is 0. The Bertz CT molecular complexity index is 900. The summed E-state index contributed by atoms with van der Waals surface area (Å²) in [7, 11) is 1.69. The molecule has 3 rings (SSSR count). The third-order valence-corrected chi connectivity index (χ3v) is 5.35. The number of hydrogen-bond donors (Lipinski definition) is 3. The largest absolute Gasteiger partial charge is 0.370 e. The summed E-state index contributed by atoms with van der Waals surface area (Å²) in [5.74, 6) is 0.402. The van der Waals surface area contributed by atoms with Gasteiger partial charge in [-0.1, -0.05) is 6.08 Å². The van der Waals surface area contributed by atoms with Crippen LogP contribution in [0, 0.1) is 0 Å². The second-order valence-corrected chi connectivity index (χ2v) is 7.95. The van der Waals surface area contributed by atoms with Crippen molar-refractivity contribution in [3.63, 3.8) is 0 Å². The van der Waals surface area contributed by atoms with Gasteiger partial charge >= 0.3 is 0 Å². The molecular formula is C16H21N5O2S2. The number of fused-ring (bicyclic) bond motifs is 3. The number of rotatable bonds is 4. The zero-order chi connectivity index (χ0) is 18.2. The van der Waals surface area contributed by atoms with E-state index in [0.29, 0.717) is 40.8 Å². The summed E-state index contributed by atoms with van der Waals surface area (Å²) in [6.45, 7) is 8.75. The molecule has 1 aliphatic heterocycles. The van der Waals surface area contributed by atoms with Gasteiger partial charge in [-0.15, -0.1) is 17.9 Å². The van der Waals surface area contributed by atoms with Crippen molar-refractivity contribution in [3.8, 4) is 0 Å². The zero-order valence-electron chi connectivity index (χ0n) is 14.4. The lowest BCUT2D eigenvalue weighted by atomic mass is 9.94. The van der Waals surface area contributed by atoms with Crippen molar-refractivity contribution in [3.05, 3.63) is 33.4 Å². The van der Waals surface area contributed by atoms with Gasteiger partial charge in [-0.05, 0) is 31.6 Å². The van der Waals surface area contributed by atoms with Crippen molar-refractivity contribution >= 4 is 44.8 Å². The topological polar surface area (TPSA) is 80.2 Å². The van der Waals surface area contributed by atoms with E-state index in [1.165, 1.54) is 15.9 Å². The van der Waals surface area contributed by atoms with Gasteiger partial charge in [0.15, 0.2) is 5.11 Å². The van der Waals surface area contributed by atoms with Gasteiger partial charge in [0.2, 0.25) is 5.95 Å². The van der Waals surface area contributed by atoms with E-state index in [2.05, 4.69) is 27.7 Å². The monoisotopic (exact) mass is 379 g/mol. The van der Waals surface area contributed by atoms with Crippen molar-refractivity contribution in [1.29, 1.82) is 0 Å². The van der Waals surface area contributed by atoms with Crippen LogP contribution in [-0.4, -0.2) is 26.8 Å². The lowest BCUT2D eigenvalue weighted by Crippen LogP contribution is -2.40. The molecule has 3 N–H and O–H groups in total. The van der Waals surface area contributed by atoms with E-state index in [0.717, 1.165) is 10.4 Å². The van der Waals surface area contributed by atoms with Crippen LogP contribution in [0.2, 0.25) is 0 Å². The molecule has 0 unspecified atom stereocenters. The van der Waals surface area contributed by atoms with Crippen LogP contribution >= 0.6 is 23.6 Å². The molecule has 0 atom stereocenters. The molecule has 25 heavy (non-hydrogen) atoms. The maximum atomic E-state index is 12.9. The van der Waals surface area contributed by atoms with Gasteiger partial charge in [-0.2, -0.15) is 0 Å². The average Bonchev–Trinajstić information content (AvgIpc) is 2.91. The summed E-state index contributed by atoms with van der Waals surface area (Å²) in [6.07, 6.45) is 2.41. The minimum absolute atomic E-state index is 0.0746. The molecule has 0 bridgehead atoms. The van der Waals surface area contributed by atoms with E-state index in [-0.39, 0.29) is 11.2 Å². The molecule has 0 radical (unpaired) electrons. The molecule has 134 valence electrons. The number of hydrazine groups is 1. The molecule has 0 aliphatic carbocycles. The Kier molecular flexibility index (Phi) is 4.81. The Balaban J connectivity index is 1.93. The predicted molar refractivity (Wildman–Crippen MR) is 105 cm³/mol. The van der Waals surface area contributed by atoms with Gasteiger partial charge < -0.3 is 10.1 Å². The molecule has 2 aromatic heterocycles. The normalized spacial score (nSPS) is 15.5. The molecule has 0 amide bonds. The second-order valence-electron chi connectivity index (χ2n) is 6.46. The number of nitrogens with zero attached hydrogens (tertiary/aromatic N) is 2. The first-order valence-corrected chi connectivity index (χ1v) is 9.11. The minimum atomic E-state index is -0.270. The number of ether oxygens (including phenoxy) is 1. The van der Waals surface area contributed by atoms with Crippen molar-refractivity contribution in [1.82, 2.24) is 20.3 Å². The molecule has 0 fully saturated rings. The molecule has 2 aromatic rings. The highest BCUT2D eigenvalue weighted by molar-refractivity contribution is 7.80. The highest BCUT2D eigenvalue weighted by Crippen LogP contribution is 2.37. The van der Waals surface area contributed by atoms with Gasteiger partial charge in [0.25, 0.3) is 5.56 Å². The number of aromatic nitrogens is 2. The van der Waals surface area contributed by atoms with Crippen LogP contribution in [-0.2, 0) is 24.8 Å². The maximum Gasteiger partial charge on any atom is 0.263 e. The molecule has 7 nitrogen and oxygen atoms in total. The second kappa shape index (κ2) is 6.74. The van der Waals surface area contributed by atoms with Crippen LogP contribution < -0.4 is 21.7 Å². The fourth-order valence-electron chi connectivity index (χ4n) is 2.71. The molecule has 0 aromatic carbocycles. The Labute approximate surface area is 155 Å². The van der Waals surface area contributed by atoms with E-state index < -0.39 is 0 Å². The molecule has 3 heterocycles. The average molecular weight is 380 g/mol. The van der Waals surface area contributed by atoms with Gasteiger partial charge in [0, 0.05) is 24.9 Å². The molecule has 0 saturated heterocycles. The summed E-state index contributed by atoms with van der Waals surface area (Å²) in [5.41, 5.74) is 6.43. The number of anilines is 1. The van der Waals surface area contributed by atoms with E-state index >= 15 is 0 Å². The van der Waals surface area contributed by atoms with Crippen molar-refractivity contribution < 1.29 is 4.74 Å². The lowest BCUT2D eigenvalue weighted by molar-refractivity contribution is -0.0379. The van der Waals surface area contributed by atoms with Crippen LogP contribution in [0.3, 0.4) is 0 Å². The van der Waals surface area contributed by atoms with Gasteiger partial charge in [0.1, 0.15) is 4.83 Å². The van der Waals surface area contributed by atoms with E-state index in [1.807, 2.05) is 13.8 Å². The first-order chi connectivity index (χ1) is 11.8. The van der Waals surface area contributed by atoms with Crippen molar-refractivity contribution in [2.75, 3.05) is 12.0 Å². The fourth-order valence-corrected chi connectivity index (χ4v) is 3.93. The van der Waals surface area contributed by atoms with Crippen LogP contribution in [0.4, 0.5) is 5.95 Å². The number of hydrogen-bond acceptors (Lipinski definition) is 6. The van der Waals surface area contributed by atoms with Gasteiger partial charge in [0.05, 0.1) is 17.6 Å². The summed E-state index contributed by atoms with van der Waals surface area (Å²) < 4.78 is 7.34. The van der Waals surface area contributed by atoms with Crippen molar-refractivity contribution in [2.45, 2.75) is 32.5 Å². The first-order valence-electron chi connectivity index (χ1n) is 7.88. The van der Waals surface area contributed by atoms with E-state index in [9.17, 15) is 4.79 Å². The fraction of sp³-hybridized carbons (Fsp3) is 0.438. The zero-order valence-corrected chi connectivity index (χ0v) is 16.1. The summed E-state index contributed by atoms with van der Waals surface area (Å²) in [4.78, 5) is 19.2. The Hall–Kier alpha value is -1.97. The number of nitrogens with one attached hydrogen (secondary N) is 3. The molecule has 9 heteroatoms. The first kappa shape index (κ1) is 17.8. The molecular weight excluding hydrogens is 358 g/mol. The number of thiophene rings is 1. The number of thiocarbonyl (C=S) groups is 1. The van der Waals surface area contributed by atoms with E-state index in [1.54, 1.807) is 13.1 Å².